The van der Waals surface area contributed by atoms with E-state index >= 15 is 0 Å². The van der Waals surface area contributed by atoms with Gasteiger partial charge in [-0.25, -0.2) is 0 Å². The maximum atomic E-state index is 11.7. The summed E-state index contributed by atoms with van der Waals surface area (Å²) in [6.45, 7) is 8.74. The quantitative estimate of drug-likeness (QED) is 0.318. The van der Waals surface area contributed by atoms with Crippen LogP contribution in [0.3, 0.4) is 0 Å². The fourth-order valence-electron chi connectivity index (χ4n) is 2.84. The summed E-state index contributed by atoms with van der Waals surface area (Å²) in [6.07, 6.45) is 0.709. The van der Waals surface area contributed by atoms with E-state index in [1.807, 2.05) is 37.3 Å². The van der Waals surface area contributed by atoms with E-state index in [1.54, 1.807) is 14.2 Å². The number of nitrogens with one attached hydrogen (secondary N) is 2. The molecule has 0 radical (unpaired) electrons. The van der Waals surface area contributed by atoms with Gasteiger partial charge in [-0.1, -0.05) is 29.3 Å². The van der Waals surface area contributed by atoms with Gasteiger partial charge in [-0.3, -0.25) is 4.79 Å². The van der Waals surface area contributed by atoms with Crippen LogP contribution in [0.25, 0.3) is 0 Å². The zero-order valence-corrected chi connectivity index (χ0v) is 21.6. The molecule has 0 aliphatic heterocycles. The second kappa shape index (κ2) is 13.7. The predicted octanol–water partition coefficient (Wildman–Crippen LogP) is 0.400. The Hall–Kier alpha value is -0.574. The normalized spacial score (nSPS) is 10.3. The number of amides is 1. The van der Waals surface area contributed by atoms with Crippen LogP contribution in [-0.2, 0) is 11.2 Å². The molecule has 0 aliphatic carbocycles. The minimum absolute atomic E-state index is 0. The minimum Gasteiger partial charge on any atom is -0.548 e. The van der Waals surface area contributed by atoms with E-state index in [-0.39, 0.29) is 57.3 Å². The number of hydrogen-bond acceptors (Lipinski definition) is 4. The smallest absolute Gasteiger partial charge is 0.548 e. The number of hydrogen-bond donors (Lipinski definition) is 2. The van der Waals surface area contributed by atoms with Crippen LogP contribution < -0.4 is 66.8 Å². The summed E-state index contributed by atoms with van der Waals surface area (Å²) in [4.78, 5) is 11.7. The Labute approximate surface area is 221 Å². The molecule has 5 nitrogen and oxygen atoms in total. The molecule has 0 atom stereocenters. The third kappa shape index (κ3) is 7.88. The Balaban J connectivity index is 0.00000420. The van der Waals surface area contributed by atoms with Gasteiger partial charge >= 0.3 is 51.4 Å². The number of carbonyl (C=O) groups is 1. The zero-order chi connectivity index (χ0) is 20.5. The molecular formula is C22H28ClKN2O3. The van der Waals surface area contributed by atoms with E-state index in [0.29, 0.717) is 42.5 Å². The molecule has 2 rings (SSSR count). The van der Waals surface area contributed by atoms with Crippen molar-refractivity contribution in [3.8, 4) is 5.75 Å². The van der Waals surface area contributed by atoms with E-state index in [2.05, 4.69) is 17.6 Å². The first kappa shape index (κ1) is 26.5. The molecule has 0 saturated carbocycles. The molecular weight excluding hydrogens is 415 g/mol. The van der Waals surface area contributed by atoms with Crippen LogP contribution in [0.5, 0.6) is 5.75 Å². The Bertz CT molecular complexity index is 798. The molecule has 0 bridgehead atoms. The van der Waals surface area contributed by atoms with Gasteiger partial charge in [-0.15, -0.1) is 0 Å². The molecule has 0 aliphatic rings. The van der Waals surface area contributed by atoms with Crippen LogP contribution >= 0.6 is 11.6 Å². The second-order valence-electron chi connectivity index (χ2n) is 6.51. The predicted molar refractivity (Wildman–Crippen MR) is 114 cm³/mol. The van der Waals surface area contributed by atoms with Gasteiger partial charge in [0.15, 0.2) is 0 Å². The zero-order valence-electron chi connectivity index (χ0n) is 17.7. The van der Waals surface area contributed by atoms with Crippen LogP contribution in [0.1, 0.15) is 32.6 Å². The first-order valence-electron chi connectivity index (χ1n) is 9.25. The summed E-state index contributed by atoms with van der Waals surface area (Å²) >= 11 is 6.56. The van der Waals surface area contributed by atoms with Crippen molar-refractivity contribution in [2.24, 2.45) is 0 Å². The standard InChI is InChI=1S/C22H28ClN2O3.K/c1-15-13-19(14-17-5-7-18(8-6-17)22(26)24-3)16(2)20(23)21(15)28-12-10-25-9-11-27-4;/h5-8,13,25H,1,9-12,14H2,2-4H3,(H,24,26);/q-1;+1. The summed E-state index contributed by atoms with van der Waals surface area (Å²) in [7, 11) is 3.30. The molecule has 0 fully saturated rings. The van der Waals surface area contributed by atoms with E-state index in [9.17, 15) is 4.79 Å². The molecule has 0 aromatic heterocycles. The monoisotopic (exact) mass is 442 g/mol. The molecule has 2 N–H and O–H groups in total. The average molecular weight is 443 g/mol. The molecule has 2 aromatic rings. The summed E-state index contributed by atoms with van der Waals surface area (Å²) < 4.78 is 10.8. The average Bonchev–Trinajstić information content (AvgIpc) is 2.70. The molecule has 0 saturated heterocycles. The van der Waals surface area contributed by atoms with Gasteiger partial charge in [0.1, 0.15) is 0 Å². The maximum absolute atomic E-state index is 11.7. The summed E-state index contributed by atoms with van der Waals surface area (Å²) in [5.74, 6) is 0.537. The first-order chi connectivity index (χ1) is 13.5. The molecule has 2 aromatic carbocycles. The first-order valence-corrected chi connectivity index (χ1v) is 9.63. The molecule has 29 heavy (non-hydrogen) atoms. The van der Waals surface area contributed by atoms with Crippen molar-refractivity contribution in [3.63, 3.8) is 0 Å². The number of ether oxygens (including phenoxy) is 2. The van der Waals surface area contributed by atoms with Crippen molar-refractivity contribution in [2.75, 3.05) is 40.5 Å². The van der Waals surface area contributed by atoms with Crippen molar-refractivity contribution in [1.29, 1.82) is 0 Å². The number of benzene rings is 2. The Morgan fingerprint density at radius 2 is 1.83 bits per heavy atom. The third-order valence-corrected chi connectivity index (χ3v) is 4.95. The Morgan fingerprint density at radius 3 is 2.45 bits per heavy atom. The number of carbonyl (C=O) groups excluding carboxylic acids is 1. The number of rotatable bonds is 10. The van der Waals surface area contributed by atoms with Gasteiger partial charge in [0.2, 0.25) is 0 Å². The van der Waals surface area contributed by atoms with Gasteiger partial charge in [0, 0.05) is 43.6 Å². The molecule has 0 unspecified atom stereocenters. The van der Waals surface area contributed by atoms with Crippen molar-refractivity contribution in [1.82, 2.24) is 10.6 Å². The molecule has 0 spiro atoms. The Morgan fingerprint density at radius 1 is 1.17 bits per heavy atom. The van der Waals surface area contributed by atoms with E-state index in [0.717, 1.165) is 28.8 Å². The maximum Gasteiger partial charge on any atom is 1.00 e. The van der Waals surface area contributed by atoms with Crippen LogP contribution in [0.4, 0.5) is 0 Å². The van der Waals surface area contributed by atoms with Crippen molar-refractivity contribution in [3.05, 3.63) is 70.1 Å². The van der Waals surface area contributed by atoms with Gasteiger partial charge in [0.05, 0.1) is 13.2 Å². The molecule has 0 heterocycles. The summed E-state index contributed by atoms with van der Waals surface area (Å²) in [5, 5.41) is 6.45. The third-order valence-electron chi connectivity index (χ3n) is 4.50. The van der Waals surface area contributed by atoms with Crippen molar-refractivity contribution in [2.45, 2.75) is 13.3 Å². The molecule has 152 valence electrons. The van der Waals surface area contributed by atoms with Gasteiger partial charge in [-0.05, 0) is 36.6 Å². The fraction of sp³-hybridized carbons (Fsp3) is 0.364. The van der Waals surface area contributed by atoms with E-state index < -0.39 is 0 Å². The summed E-state index contributed by atoms with van der Waals surface area (Å²) in [6, 6.07) is 9.57. The number of halogens is 1. The van der Waals surface area contributed by atoms with Crippen LogP contribution in [0, 0.1) is 13.8 Å². The molecule has 7 heteroatoms. The van der Waals surface area contributed by atoms with Crippen LogP contribution in [-0.4, -0.2) is 46.4 Å². The fourth-order valence-corrected chi connectivity index (χ4v) is 3.14. The minimum atomic E-state index is -0.0935. The van der Waals surface area contributed by atoms with E-state index in [1.165, 1.54) is 0 Å². The van der Waals surface area contributed by atoms with E-state index in [4.69, 9.17) is 21.1 Å². The van der Waals surface area contributed by atoms with Crippen LogP contribution in [0.2, 0.25) is 5.02 Å². The van der Waals surface area contributed by atoms with Crippen LogP contribution in [0.15, 0.2) is 30.3 Å². The Kier molecular flexibility index (Phi) is 12.5. The summed E-state index contributed by atoms with van der Waals surface area (Å²) in [5.41, 5.74) is 4.58. The largest absolute Gasteiger partial charge is 1.00 e. The number of methoxy groups -OCH3 is 1. The van der Waals surface area contributed by atoms with Gasteiger partial charge < -0.3 is 20.1 Å². The van der Waals surface area contributed by atoms with Crippen molar-refractivity contribution < 1.29 is 65.7 Å². The SMILES string of the molecule is [CH2-]c1cc(Cc2ccc(C(=O)NC)cc2)c(C)c(Cl)c1OCCNCCOC.[K+]. The topological polar surface area (TPSA) is 59.6 Å². The van der Waals surface area contributed by atoms with Gasteiger partial charge in [-0.2, -0.15) is 18.6 Å². The second-order valence-corrected chi connectivity index (χ2v) is 6.88. The molecule has 1 amide bonds. The van der Waals surface area contributed by atoms with Gasteiger partial charge in [0.25, 0.3) is 5.91 Å². The van der Waals surface area contributed by atoms with Crippen molar-refractivity contribution >= 4 is 17.5 Å².